The highest BCUT2D eigenvalue weighted by Gasteiger charge is 2.22. The van der Waals surface area contributed by atoms with Crippen LogP contribution in [0.15, 0.2) is 6.20 Å². The fourth-order valence-electron chi connectivity index (χ4n) is 0.937. The molecule has 16 heavy (non-hydrogen) atoms. The van der Waals surface area contributed by atoms with E-state index in [-0.39, 0.29) is 11.5 Å². The van der Waals surface area contributed by atoms with Gasteiger partial charge in [-0.25, -0.2) is 18.1 Å². The Balaban J connectivity index is 2.65. The van der Waals surface area contributed by atoms with Crippen LogP contribution >= 0.6 is 23.6 Å². The van der Waals surface area contributed by atoms with Crippen LogP contribution in [0, 0.1) is 6.92 Å². The minimum atomic E-state index is -3.49. The Labute approximate surface area is 104 Å². The van der Waals surface area contributed by atoms with Crippen LogP contribution < -0.4 is 10.5 Å². The molecule has 0 aliphatic heterocycles. The first-order valence-electron chi connectivity index (χ1n) is 4.52. The normalized spacial score (nSPS) is 13.6. The standard InChI is InChI=1S/C8H13N3O2S3/c1-5(8(9)14)16(12,13)11-4-7-3-10-6(2)15-7/h3,5,11H,4H2,1-2H3,(H2,9,14). The molecule has 1 unspecified atom stereocenters. The number of hydrogen-bond acceptors (Lipinski definition) is 5. The van der Waals surface area contributed by atoms with Crippen molar-refractivity contribution in [1.29, 1.82) is 0 Å². The third-order valence-corrected chi connectivity index (χ3v) is 5.13. The molecule has 0 bridgehead atoms. The van der Waals surface area contributed by atoms with Gasteiger partial charge in [0, 0.05) is 17.6 Å². The van der Waals surface area contributed by atoms with E-state index in [1.807, 2.05) is 6.92 Å². The van der Waals surface area contributed by atoms with Gasteiger partial charge in [-0.2, -0.15) is 0 Å². The smallest absolute Gasteiger partial charge is 0.221 e. The van der Waals surface area contributed by atoms with E-state index < -0.39 is 15.3 Å². The number of sulfonamides is 1. The zero-order valence-electron chi connectivity index (χ0n) is 8.93. The molecule has 0 aliphatic carbocycles. The van der Waals surface area contributed by atoms with E-state index in [0.717, 1.165) is 9.88 Å². The fraction of sp³-hybridized carbons (Fsp3) is 0.500. The van der Waals surface area contributed by atoms with Crippen LogP contribution in [-0.4, -0.2) is 23.6 Å². The zero-order chi connectivity index (χ0) is 12.3. The lowest BCUT2D eigenvalue weighted by molar-refractivity contribution is 0.578. The lowest BCUT2D eigenvalue weighted by Gasteiger charge is -2.11. The van der Waals surface area contributed by atoms with Crippen LogP contribution in [0.1, 0.15) is 16.8 Å². The van der Waals surface area contributed by atoms with Crippen LogP contribution in [0.4, 0.5) is 0 Å². The maximum atomic E-state index is 11.7. The topological polar surface area (TPSA) is 85.1 Å². The second kappa shape index (κ2) is 5.17. The summed E-state index contributed by atoms with van der Waals surface area (Å²) in [7, 11) is -3.49. The highest BCUT2D eigenvalue weighted by atomic mass is 32.2. The number of rotatable bonds is 5. The Morgan fingerprint density at radius 2 is 2.38 bits per heavy atom. The number of thiazole rings is 1. The number of nitrogens with two attached hydrogens (primary N) is 1. The summed E-state index contributed by atoms with van der Waals surface area (Å²) >= 11 is 6.10. The van der Waals surface area contributed by atoms with Gasteiger partial charge in [0.05, 0.1) is 10.00 Å². The monoisotopic (exact) mass is 279 g/mol. The Hall–Kier alpha value is -0.570. The van der Waals surface area contributed by atoms with Crippen molar-refractivity contribution in [2.45, 2.75) is 25.6 Å². The Kier molecular flexibility index (Phi) is 4.36. The summed E-state index contributed by atoms with van der Waals surface area (Å²) in [5.74, 6) is 0. The minimum absolute atomic E-state index is 0.0343. The molecule has 0 fully saturated rings. The molecule has 0 amide bonds. The summed E-state index contributed by atoms with van der Waals surface area (Å²) in [6, 6.07) is 0. The molecule has 5 nitrogen and oxygen atoms in total. The van der Waals surface area contributed by atoms with Crippen molar-refractivity contribution in [3.63, 3.8) is 0 Å². The third kappa shape index (κ3) is 3.48. The molecule has 3 N–H and O–H groups in total. The molecule has 0 saturated carbocycles. The molecule has 0 aromatic carbocycles. The fourth-order valence-corrected chi connectivity index (χ4v) is 3.06. The Morgan fingerprint density at radius 3 is 2.81 bits per heavy atom. The molecule has 0 radical (unpaired) electrons. The number of nitrogens with zero attached hydrogens (tertiary/aromatic N) is 1. The van der Waals surface area contributed by atoms with E-state index in [2.05, 4.69) is 21.9 Å². The molecule has 1 heterocycles. The molecule has 1 aromatic rings. The first-order valence-corrected chi connectivity index (χ1v) is 7.29. The van der Waals surface area contributed by atoms with Crippen LogP contribution in [-0.2, 0) is 16.6 Å². The van der Waals surface area contributed by atoms with Crippen molar-refractivity contribution in [3.8, 4) is 0 Å². The molecular weight excluding hydrogens is 266 g/mol. The van der Waals surface area contributed by atoms with Gasteiger partial charge in [-0.3, -0.25) is 0 Å². The van der Waals surface area contributed by atoms with Crippen LogP contribution in [0.2, 0.25) is 0 Å². The molecule has 0 saturated heterocycles. The molecule has 1 rings (SSSR count). The number of aryl methyl sites for hydroxylation is 1. The second-order valence-corrected chi connectivity index (χ2v) is 7.13. The summed E-state index contributed by atoms with van der Waals surface area (Å²) in [5.41, 5.74) is 5.30. The highest BCUT2D eigenvalue weighted by molar-refractivity contribution is 7.93. The minimum Gasteiger partial charge on any atom is -0.392 e. The van der Waals surface area contributed by atoms with Gasteiger partial charge in [-0.15, -0.1) is 11.3 Å². The molecule has 0 aliphatic rings. The average Bonchev–Trinajstić information content (AvgIpc) is 2.60. The van der Waals surface area contributed by atoms with E-state index in [1.54, 1.807) is 6.20 Å². The van der Waals surface area contributed by atoms with Crippen molar-refractivity contribution in [2.24, 2.45) is 5.73 Å². The van der Waals surface area contributed by atoms with E-state index in [0.29, 0.717) is 0 Å². The molecule has 8 heteroatoms. The molecular formula is C8H13N3O2S3. The summed E-state index contributed by atoms with van der Waals surface area (Å²) in [6.07, 6.45) is 1.65. The van der Waals surface area contributed by atoms with E-state index in [9.17, 15) is 8.42 Å². The van der Waals surface area contributed by atoms with E-state index in [1.165, 1.54) is 18.3 Å². The van der Waals surface area contributed by atoms with Gasteiger partial charge in [0.2, 0.25) is 10.0 Å². The predicted octanol–water partition coefficient (Wildman–Crippen LogP) is 0.546. The van der Waals surface area contributed by atoms with Crippen molar-refractivity contribution >= 4 is 38.6 Å². The SMILES string of the molecule is Cc1ncc(CNS(=O)(=O)C(C)C(N)=S)s1. The lowest BCUT2D eigenvalue weighted by Crippen LogP contribution is -2.39. The Bertz CT molecular complexity index is 480. The quantitative estimate of drug-likeness (QED) is 0.769. The third-order valence-electron chi connectivity index (χ3n) is 1.98. The van der Waals surface area contributed by atoms with Gasteiger partial charge >= 0.3 is 0 Å². The summed E-state index contributed by atoms with van der Waals surface area (Å²) < 4.78 is 25.8. The average molecular weight is 279 g/mol. The molecule has 1 atom stereocenters. The highest BCUT2D eigenvalue weighted by Crippen LogP contribution is 2.11. The molecule has 1 aromatic heterocycles. The second-order valence-electron chi connectivity index (χ2n) is 3.26. The first kappa shape index (κ1) is 13.5. The van der Waals surface area contributed by atoms with Crippen molar-refractivity contribution in [3.05, 3.63) is 16.1 Å². The maximum absolute atomic E-state index is 11.7. The number of thiocarbonyl (C=S) groups is 1. The largest absolute Gasteiger partial charge is 0.392 e. The summed E-state index contributed by atoms with van der Waals surface area (Å²) in [5, 5.41) is 0.0353. The summed E-state index contributed by atoms with van der Waals surface area (Å²) in [6.45, 7) is 3.55. The van der Waals surface area contributed by atoms with Crippen LogP contribution in [0.5, 0.6) is 0 Å². The van der Waals surface area contributed by atoms with Gasteiger partial charge in [-0.1, -0.05) is 12.2 Å². The van der Waals surface area contributed by atoms with Crippen molar-refractivity contribution < 1.29 is 8.42 Å². The van der Waals surface area contributed by atoms with E-state index in [4.69, 9.17) is 5.73 Å². The number of hydrogen-bond donors (Lipinski definition) is 2. The molecule has 0 spiro atoms. The number of nitrogens with one attached hydrogen (secondary N) is 1. The zero-order valence-corrected chi connectivity index (χ0v) is 11.4. The van der Waals surface area contributed by atoms with Crippen molar-refractivity contribution in [1.82, 2.24) is 9.71 Å². The lowest BCUT2D eigenvalue weighted by atomic mass is 10.5. The predicted molar refractivity (Wildman–Crippen MR) is 68.9 cm³/mol. The van der Waals surface area contributed by atoms with Crippen LogP contribution in [0.3, 0.4) is 0 Å². The Morgan fingerprint density at radius 1 is 1.75 bits per heavy atom. The van der Waals surface area contributed by atoms with Gasteiger partial charge in [0.15, 0.2) is 0 Å². The van der Waals surface area contributed by atoms with Crippen LogP contribution in [0.25, 0.3) is 0 Å². The van der Waals surface area contributed by atoms with E-state index >= 15 is 0 Å². The summed E-state index contributed by atoms with van der Waals surface area (Å²) in [4.78, 5) is 4.85. The van der Waals surface area contributed by atoms with Gasteiger partial charge in [0.25, 0.3) is 0 Å². The van der Waals surface area contributed by atoms with Gasteiger partial charge in [0.1, 0.15) is 5.25 Å². The number of aromatic nitrogens is 1. The first-order chi connectivity index (χ1) is 7.33. The maximum Gasteiger partial charge on any atom is 0.221 e. The van der Waals surface area contributed by atoms with Gasteiger partial charge < -0.3 is 5.73 Å². The molecule has 90 valence electrons. The van der Waals surface area contributed by atoms with Gasteiger partial charge in [-0.05, 0) is 13.8 Å². The van der Waals surface area contributed by atoms with Crippen molar-refractivity contribution in [2.75, 3.05) is 0 Å².